The van der Waals surface area contributed by atoms with Gasteiger partial charge in [-0.15, -0.1) is 11.3 Å². The molecule has 0 N–H and O–H groups in total. The van der Waals surface area contributed by atoms with Gasteiger partial charge in [-0.3, -0.25) is 14.6 Å². The molecule has 30 heavy (non-hydrogen) atoms. The fraction of sp³-hybridized carbons (Fsp3) is 0.478. The van der Waals surface area contributed by atoms with Crippen molar-refractivity contribution >= 4 is 27.5 Å². The number of thiazole rings is 1. The number of hydrogen-bond acceptors (Lipinski definition) is 6. The molecule has 1 amide bonds. The maximum Gasteiger partial charge on any atom is 0.236 e. The minimum absolute atomic E-state index is 0.301. The van der Waals surface area contributed by atoms with Gasteiger partial charge in [0.2, 0.25) is 5.91 Å². The number of furan rings is 1. The minimum atomic E-state index is 0.301. The van der Waals surface area contributed by atoms with E-state index in [4.69, 9.17) is 4.42 Å². The van der Waals surface area contributed by atoms with Crippen LogP contribution in [0.25, 0.3) is 21.0 Å². The molecular formula is C23H28N4O2S. The zero-order valence-corrected chi connectivity index (χ0v) is 18.1. The molecule has 0 spiro atoms. The highest BCUT2D eigenvalue weighted by Crippen LogP contribution is 2.31. The van der Waals surface area contributed by atoms with Gasteiger partial charge < -0.3 is 9.32 Å². The van der Waals surface area contributed by atoms with Crippen LogP contribution in [0.2, 0.25) is 0 Å². The summed E-state index contributed by atoms with van der Waals surface area (Å²) in [5, 5.41) is 0.934. The first kappa shape index (κ1) is 19.7. The second-order valence-corrected chi connectivity index (χ2v) is 9.28. The third kappa shape index (κ3) is 4.43. The lowest BCUT2D eigenvalue weighted by Gasteiger charge is -2.35. The fourth-order valence-corrected chi connectivity index (χ4v) is 5.24. The average Bonchev–Trinajstić information content (AvgIpc) is 3.42. The summed E-state index contributed by atoms with van der Waals surface area (Å²) in [6, 6.07) is 12.3. The van der Waals surface area contributed by atoms with Gasteiger partial charge >= 0.3 is 0 Å². The maximum absolute atomic E-state index is 12.5. The Hall–Kier alpha value is -2.22. The first-order valence-electron chi connectivity index (χ1n) is 10.9. The normalized spacial score (nSPS) is 18.9. The smallest absolute Gasteiger partial charge is 0.236 e. The molecular weight excluding hydrogens is 396 g/mol. The number of hydrogen-bond donors (Lipinski definition) is 0. The SMILES string of the molecule is O=C(CN1CCN(Cc2ccc(-c3nc4ccccc4s3)o2)CC1)N1CCCCC1. The lowest BCUT2D eigenvalue weighted by molar-refractivity contribution is -0.133. The average molecular weight is 425 g/mol. The number of aromatic nitrogens is 1. The van der Waals surface area contributed by atoms with Crippen LogP contribution in [-0.4, -0.2) is 71.4 Å². The highest BCUT2D eigenvalue weighted by Gasteiger charge is 2.23. The van der Waals surface area contributed by atoms with Crippen molar-refractivity contribution in [2.24, 2.45) is 0 Å². The van der Waals surface area contributed by atoms with E-state index in [1.165, 1.54) is 11.1 Å². The predicted octanol–water partition coefficient (Wildman–Crippen LogP) is 3.69. The van der Waals surface area contributed by atoms with Gasteiger partial charge in [0.1, 0.15) is 5.76 Å². The van der Waals surface area contributed by atoms with E-state index in [9.17, 15) is 4.79 Å². The van der Waals surface area contributed by atoms with Crippen molar-refractivity contribution in [3.05, 3.63) is 42.2 Å². The minimum Gasteiger partial charge on any atom is -0.457 e. The number of para-hydroxylation sites is 1. The molecule has 1 aromatic carbocycles. The number of carbonyl (C=O) groups excluding carboxylic acids is 1. The van der Waals surface area contributed by atoms with E-state index in [2.05, 4.69) is 26.9 Å². The summed E-state index contributed by atoms with van der Waals surface area (Å²) in [5.74, 6) is 2.12. The van der Waals surface area contributed by atoms with Gasteiger partial charge in [-0.25, -0.2) is 4.98 Å². The van der Waals surface area contributed by atoms with Crippen molar-refractivity contribution in [1.29, 1.82) is 0 Å². The van der Waals surface area contributed by atoms with E-state index in [0.29, 0.717) is 12.5 Å². The number of amides is 1. The second kappa shape index (κ2) is 8.88. The Morgan fingerprint density at radius 2 is 1.70 bits per heavy atom. The molecule has 0 aliphatic carbocycles. The van der Waals surface area contributed by atoms with Crippen LogP contribution in [0, 0.1) is 0 Å². The Kier molecular flexibility index (Phi) is 5.84. The highest BCUT2D eigenvalue weighted by molar-refractivity contribution is 7.21. The van der Waals surface area contributed by atoms with Gasteiger partial charge in [-0.05, 0) is 43.5 Å². The Balaban J connectivity index is 1.13. The molecule has 2 aliphatic rings. The lowest BCUT2D eigenvalue weighted by Crippen LogP contribution is -2.50. The summed E-state index contributed by atoms with van der Waals surface area (Å²) in [5.41, 5.74) is 1.02. The fourth-order valence-electron chi connectivity index (χ4n) is 4.32. The molecule has 2 aliphatic heterocycles. The maximum atomic E-state index is 12.5. The highest BCUT2D eigenvalue weighted by atomic mass is 32.1. The summed E-state index contributed by atoms with van der Waals surface area (Å²) < 4.78 is 7.29. The second-order valence-electron chi connectivity index (χ2n) is 8.25. The van der Waals surface area contributed by atoms with Crippen molar-refractivity contribution in [2.45, 2.75) is 25.8 Å². The summed E-state index contributed by atoms with van der Waals surface area (Å²) in [6.45, 7) is 7.04. The first-order valence-corrected chi connectivity index (χ1v) is 11.7. The first-order chi connectivity index (χ1) is 14.7. The van der Waals surface area contributed by atoms with Gasteiger partial charge in [-0.1, -0.05) is 12.1 Å². The van der Waals surface area contributed by atoms with E-state index >= 15 is 0 Å². The third-order valence-electron chi connectivity index (χ3n) is 6.08. The van der Waals surface area contributed by atoms with Crippen LogP contribution in [0.3, 0.4) is 0 Å². The molecule has 5 rings (SSSR count). The van der Waals surface area contributed by atoms with Crippen LogP contribution >= 0.6 is 11.3 Å². The van der Waals surface area contributed by atoms with Gasteiger partial charge in [0.15, 0.2) is 10.8 Å². The quantitative estimate of drug-likeness (QED) is 0.625. The zero-order chi connectivity index (χ0) is 20.3. The molecule has 0 atom stereocenters. The van der Waals surface area contributed by atoms with Crippen LogP contribution in [-0.2, 0) is 11.3 Å². The number of benzene rings is 1. The van der Waals surface area contributed by atoms with Crippen molar-refractivity contribution in [2.75, 3.05) is 45.8 Å². The number of piperidine rings is 1. The molecule has 158 valence electrons. The number of rotatable bonds is 5. The van der Waals surface area contributed by atoms with Gasteiger partial charge in [-0.2, -0.15) is 0 Å². The summed E-state index contributed by atoms with van der Waals surface area (Å²) in [4.78, 5) is 23.9. The number of carbonyl (C=O) groups is 1. The third-order valence-corrected chi connectivity index (χ3v) is 7.13. The van der Waals surface area contributed by atoms with Crippen LogP contribution < -0.4 is 0 Å². The molecule has 0 radical (unpaired) electrons. The monoisotopic (exact) mass is 424 g/mol. The Morgan fingerprint density at radius 1 is 0.933 bits per heavy atom. The number of fused-ring (bicyclic) bond motifs is 1. The molecule has 4 heterocycles. The Morgan fingerprint density at radius 3 is 2.50 bits per heavy atom. The van der Waals surface area contributed by atoms with Crippen LogP contribution in [0.5, 0.6) is 0 Å². The summed E-state index contributed by atoms with van der Waals surface area (Å²) >= 11 is 1.67. The summed E-state index contributed by atoms with van der Waals surface area (Å²) in [7, 11) is 0. The van der Waals surface area contributed by atoms with Crippen molar-refractivity contribution in [1.82, 2.24) is 19.7 Å². The van der Waals surface area contributed by atoms with E-state index < -0.39 is 0 Å². The standard InChI is InChI=1S/C23H28N4O2S/c28-22(27-10-4-1-5-11-27)17-26-14-12-25(13-15-26)16-18-8-9-20(29-18)23-24-19-6-2-3-7-21(19)30-23/h2-3,6-9H,1,4-5,10-17H2. The predicted molar refractivity (Wildman–Crippen MR) is 119 cm³/mol. The molecule has 2 fully saturated rings. The molecule has 2 aromatic heterocycles. The molecule has 2 saturated heterocycles. The molecule has 0 bridgehead atoms. The van der Waals surface area contributed by atoms with Crippen LogP contribution in [0.15, 0.2) is 40.8 Å². The summed E-state index contributed by atoms with van der Waals surface area (Å²) in [6.07, 6.45) is 3.57. The van der Waals surface area contributed by atoms with E-state index in [1.807, 2.05) is 29.2 Å². The van der Waals surface area contributed by atoms with Crippen molar-refractivity contribution in [3.8, 4) is 10.8 Å². The molecule has 0 unspecified atom stereocenters. The van der Waals surface area contributed by atoms with Gasteiger partial charge in [0.25, 0.3) is 0 Å². The van der Waals surface area contributed by atoms with Crippen molar-refractivity contribution < 1.29 is 9.21 Å². The zero-order valence-electron chi connectivity index (χ0n) is 17.3. The largest absolute Gasteiger partial charge is 0.457 e. The van der Waals surface area contributed by atoms with E-state index in [0.717, 1.165) is 80.7 Å². The molecule has 3 aromatic rings. The Bertz CT molecular complexity index is 966. The van der Waals surface area contributed by atoms with Gasteiger partial charge in [0, 0.05) is 39.3 Å². The molecule has 0 saturated carbocycles. The van der Waals surface area contributed by atoms with Crippen molar-refractivity contribution in [3.63, 3.8) is 0 Å². The van der Waals surface area contributed by atoms with E-state index in [1.54, 1.807) is 11.3 Å². The van der Waals surface area contributed by atoms with Gasteiger partial charge in [0.05, 0.1) is 23.3 Å². The number of piperazine rings is 1. The number of likely N-dealkylation sites (tertiary alicyclic amines) is 1. The Labute approximate surface area is 181 Å². The lowest BCUT2D eigenvalue weighted by atomic mass is 10.1. The molecule has 7 heteroatoms. The van der Waals surface area contributed by atoms with Crippen LogP contribution in [0.4, 0.5) is 0 Å². The van der Waals surface area contributed by atoms with E-state index in [-0.39, 0.29) is 0 Å². The van der Waals surface area contributed by atoms with Crippen LogP contribution in [0.1, 0.15) is 25.0 Å². The number of nitrogens with zero attached hydrogens (tertiary/aromatic N) is 4. The molecule has 6 nitrogen and oxygen atoms in total. The topological polar surface area (TPSA) is 52.8 Å².